The summed E-state index contributed by atoms with van der Waals surface area (Å²) in [6, 6.07) is 13.8. The van der Waals surface area contributed by atoms with Gasteiger partial charge in [-0.15, -0.1) is 0 Å². The zero-order valence-electron chi connectivity index (χ0n) is 20.6. The largest absolute Gasteiger partial charge is 0.465 e. The number of anilines is 1. The highest BCUT2D eigenvalue weighted by Crippen LogP contribution is 2.21. The van der Waals surface area contributed by atoms with E-state index in [9.17, 15) is 14.4 Å². The van der Waals surface area contributed by atoms with Gasteiger partial charge in [-0.25, -0.2) is 9.48 Å². The molecule has 2 N–H and O–H groups in total. The molecule has 0 aliphatic rings. The van der Waals surface area contributed by atoms with Crippen LogP contribution in [0, 0.1) is 20.8 Å². The van der Waals surface area contributed by atoms with Gasteiger partial charge in [0.15, 0.2) is 5.65 Å². The number of H-pyrrole nitrogens is 1. The summed E-state index contributed by atoms with van der Waals surface area (Å²) < 4.78 is 7.70. The molecule has 0 unspecified atom stereocenters. The standard InChI is InChI=1S/C26H23N7O4/c1-14-9-10-17(11-15(14)2)32-22-20(13-27-32)24(35)30-26(29-22)33-21(12-16(3)31-33)28-23(34)18-7-5-6-8-19(18)25(36)37-4/h5-13H,1-4H3,(H,28,34)(H,29,30,35). The van der Waals surface area contributed by atoms with E-state index >= 15 is 0 Å². The third kappa shape index (κ3) is 4.27. The highest BCUT2D eigenvalue weighted by Gasteiger charge is 2.21. The van der Waals surface area contributed by atoms with Crippen LogP contribution < -0.4 is 10.9 Å². The average molecular weight is 498 g/mol. The van der Waals surface area contributed by atoms with E-state index in [1.807, 2.05) is 32.0 Å². The lowest BCUT2D eigenvalue weighted by molar-refractivity contribution is 0.0597. The molecule has 0 saturated carbocycles. The minimum absolute atomic E-state index is 0.0905. The lowest BCUT2D eigenvalue weighted by atomic mass is 10.1. The number of carbonyl (C=O) groups excluding carboxylic acids is 2. The van der Waals surface area contributed by atoms with E-state index in [1.165, 1.54) is 30.1 Å². The molecule has 0 aliphatic carbocycles. The predicted octanol–water partition coefficient (Wildman–Crippen LogP) is 3.26. The van der Waals surface area contributed by atoms with Crippen LogP contribution in [0.15, 0.2) is 59.5 Å². The molecule has 5 aromatic rings. The van der Waals surface area contributed by atoms with Crippen LogP contribution in [0.1, 0.15) is 37.5 Å². The highest BCUT2D eigenvalue weighted by molar-refractivity contribution is 6.10. The average Bonchev–Trinajstić information content (AvgIpc) is 3.48. The molecule has 3 aromatic heterocycles. The van der Waals surface area contributed by atoms with Gasteiger partial charge in [0.1, 0.15) is 11.2 Å². The SMILES string of the molecule is COC(=O)c1ccccc1C(=O)Nc1cc(C)nn1-c1nc2c(cnn2-c2ccc(C)c(C)c2)c(=O)[nH]1. The van der Waals surface area contributed by atoms with Gasteiger partial charge in [0.2, 0.25) is 5.95 Å². The fraction of sp³-hybridized carbons (Fsp3) is 0.154. The molecule has 0 spiro atoms. The second-order valence-corrected chi connectivity index (χ2v) is 8.53. The number of aromatic nitrogens is 6. The Balaban J connectivity index is 1.58. The zero-order valence-corrected chi connectivity index (χ0v) is 20.6. The minimum Gasteiger partial charge on any atom is -0.465 e. The number of benzene rings is 2. The van der Waals surface area contributed by atoms with Crippen molar-refractivity contribution in [2.24, 2.45) is 0 Å². The summed E-state index contributed by atoms with van der Waals surface area (Å²) in [5.74, 6) is -0.841. The van der Waals surface area contributed by atoms with Crippen LogP contribution in [0.4, 0.5) is 5.82 Å². The summed E-state index contributed by atoms with van der Waals surface area (Å²) in [6.07, 6.45) is 1.46. The van der Waals surface area contributed by atoms with Crippen LogP contribution in [0.25, 0.3) is 22.7 Å². The van der Waals surface area contributed by atoms with Gasteiger partial charge in [0.05, 0.1) is 35.8 Å². The Morgan fingerprint density at radius 1 is 0.973 bits per heavy atom. The molecule has 0 fully saturated rings. The zero-order chi connectivity index (χ0) is 26.3. The number of carbonyl (C=O) groups is 2. The van der Waals surface area contributed by atoms with E-state index in [4.69, 9.17) is 4.74 Å². The second kappa shape index (κ2) is 9.19. The van der Waals surface area contributed by atoms with Crippen molar-refractivity contribution in [3.8, 4) is 11.6 Å². The minimum atomic E-state index is -0.633. The lowest BCUT2D eigenvalue weighted by Gasteiger charge is -2.11. The molecule has 5 rings (SSSR count). The number of nitrogens with one attached hydrogen (secondary N) is 2. The van der Waals surface area contributed by atoms with Crippen molar-refractivity contribution < 1.29 is 14.3 Å². The van der Waals surface area contributed by atoms with Gasteiger partial charge in [-0.2, -0.15) is 19.9 Å². The van der Waals surface area contributed by atoms with Gasteiger partial charge < -0.3 is 10.1 Å². The summed E-state index contributed by atoms with van der Waals surface area (Å²) >= 11 is 0. The van der Waals surface area contributed by atoms with Gasteiger partial charge in [0, 0.05) is 6.07 Å². The number of nitrogens with zero attached hydrogens (tertiary/aromatic N) is 5. The van der Waals surface area contributed by atoms with Crippen LogP contribution in [0.5, 0.6) is 0 Å². The molecule has 11 nitrogen and oxygen atoms in total. The van der Waals surface area contributed by atoms with E-state index in [2.05, 4.69) is 25.5 Å². The van der Waals surface area contributed by atoms with Gasteiger partial charge in [-0.3, -0.25) is 14.6 Å². The van der Waals surface area contributed by atoms with E-state index in [0.29, 0.717) is 16.7 Å². The molecule has 0 saturated heterocycles. The first-order valence-electron chi connectivity index (χ1n) is 11.4. The Morgan fingerprint density at radius 3 is 2.46 bits per heavy atom. The lowest BCUT2D eigenvalue weighted by Crippen LogP contribution is -2.21. The maximum Gasteiger partial charge on any atom is 0.338 e. The third-order valence-electron chi connectivity index (χ3n) is 6.01. The fourth-order valence-corrected chi connectivity index (χ4v) is 3.96. The van der Waals surface area contributed by atoms with E-state index in [0.717, 1.165) is 16.8 Å². The molecule has 0 aliphatic heterocycles. The summed E-state index contributed by atoms with van der Waals surface area (Å²) in [5.41, 5.74) is 3.72. The maximum absolute atomic E-state index is 13.1. The van der Waals surface area contributed by atoms with Crippen molar-refractivity contribution in [2.45, 2.75) is 20.8 Å². The Hall–Kier alpha value is -5.06. The highest BCUT2D eigenvalue weighted by atomic mass is 16.5. The van der Waals surface area contributed by atoms with Crippen molar-refractivity contribution in [3.63, 3.8) is 0 Å². The number of rotatable bonds is 5. The maximum atomic E-state index is 13.1. The van der Waals surface area contributed by atoms with Crippen LogP contribution in [0.3, 0.4) is 0 Å². The van der Waals surface area contributed by atoms with Crippen LogP contribution in [0.2, 0.25) is 0 Å². The van der Waals surface area contributed by atoms with Crippen LogP contribution >= 0.6 is 0 Å². The van der Waals surface area contributed by atoms with Gasteiger partial charge in [-0.05, 0) is 56.2 Å². The van der Waals surface area contributed by atoms with Crippen molar-refractivity contribution >= 4 is 28.7 Å². The number of amides is 1. The smallest absolute Gasteiger partial charge is 0.338 e. The number of fused-ring (bicyclic) bond motifs is 1. The van der Waals surface area contributed by atoms with Crippen molar-refractivity contribution in [1.82, 2.24) is 29.5 Å². The van der Waals surface area contributed by atoms with E-state index in [-0.39, 0.29) is 22.9 Å². The topological polar surface area (TPSA) is 137 Å². The number of hydrogen-bond acceptors (Lipinski definition) is 7. The Kier molecular flexibility index (Phi) is 5.88. The van der Waals surface area contributed by atoms with Gasteiger partial charge in [0.25, 0.3) is 11.5 Å². The van der Waals surface area contributed by atoms with Crippen LogP contribution in [-0.4, -0.2) is 48.5 Å². The van der Waals surface area contributed by atoms with Gasteiger partial charge in [-0.1, -0.05) is 18.2 Å². The predicted molar refractivity (Wildman–Crippen MR) is 137 cm³/mol. The molecule has 11 heteroatoms. The molecule has 0 radical (unpaired) electrons. The number of aromatic amines is 1. The fourth-order valence-electron chi connectivity index (χ4n) is 3.96. The number of ether oxygens (including phenoxy) is 1. The monoisotopic (exact) mass is 497 g/mol. The molecular formula is C26H23N7O4. The molecule has 1 amide bonds. The number of hydrogen-bond donors (Lipinski definition) is 2. The van der Waals surface area contributed by atoms with Crippen molar-refractivity contribution in [3.05, 3.63) is 93.0 Å². The molecule has 186 valence electrons. The van der Waals surface area contributed by atoms with E-state index in [1.54, 1.807) is 29.8 Å². The molecule has 2 aromatic carbocycles. The normalized spacial score (nSPS) is 11.0. The number of aryl methyl sites for hydroxylation is 3. The summed E-state index contributed by atoms with van der Waals surface area (Å²) in [7, 11) is 1.25. The summed E-state index contributed by atoms with van der Waals surface area (Å²) in [6.45, 7) is 5.75. The second-order valence-electron chi connectivity index (χ2n) is 8.53. The molecular weight excluding hydrogens is 474 g/mol. The van der Waals surface area contributed by atoms with Gasteiger partial charge >= 0.3 is 5.97 Å². The molecule has 37 heavy (non-hydrogen) atoms. The van der Waals surface area contributed by atoms with E-state index < -0.39 is 17.4 Å². The Morgan fingerprint density at radius 2 is 1.73 bits per heavy atom. The van der Waals surface area contributed by atoms with Crippen LogP contribution in [-0.2, 0) is 4.74 Å². The number of esters is 1. The first-order valence-corrected chi connectivity index (χ1v) is 11.4. The molecule has 3 heterocycles. The quantitative estimate of drug-likeness (QED) is 0.356. The summed E-state index contributed by atoms with van der Waals surface area (Å²) in [5, 5.41) is 11.8. The number of methoxy groups -OCH3 is 1. The summed E-state index contributed by atoms with van der Waals surface area (Å²) in [4.78, 5) is 45.5. The molecule has 0 bridgehead atoms. The van der Waals surface area contributed by atoms with Crippen molar-refractivity contribution in [1.29, 1.82) is 0 Å². The third-order valence-corrected chi connectivity index (χ3v) is 6.01. The first-order chi connectivity index (χ1) is 17.8. The van der Waals surface area contributed by atoms with Crippen molar-refractivity contribution in [2.75, 3.05) is 12.4 Å². The Labute approximate surface area is 210 Å². The Bertz CT molecular complexity index is 1750. The molecule has 0 atom stereocenters. The first kappa shape index (κ1) is 23.7.